The number of rotatable bonds is 6. The second kappa shape index (κ2) is 10.2. The van der Waals surface area contributed by atoms with Crippen LogP contribution in [0.4, 0.5) is 26.4 Å². The number of nitrogens with two attached hydrogens (primary N) is 1. The molecule has 3 aromatic rings. The van der Waals surface area contributed by atoms with Gasteiger partial charge in [-0.2, -0.15) is 4.98 Å². The van der Waals surface area contributed by atoms with E-state index in [0.717, 1.165) is 25.0 Å². The minimum absolute atomic E-state index is 0.00368. The predicted molar refractivity (Wildman–Crippen MR) is 129 cm³/mol. The number of anilines is 3. The third-order valence-electron chi connectivity index (χ3n) is 6.82. The Hall–Kier alpha value is -2.60. The van der Waals surface area contributed by atoms with Crippen LogP contribution in [-0.2, 0) is 4.74 Å². The first-order valence-corrected chi connectivity index (χ1v) is 12.2. The molecule has 12 heteroatoms. The van der Waals surface area contributed by atoms with Crippen LogP contribution in [-0.4, -0.2) is 50.1 Å². The van der Waals surface area contributed by atoms with Crippen LogP contribution < -0.4 is 16.4 Å². The Kier molecular flexibility index (Phi) is 7.01. The molecule has 0 amide bonds. The molecular formula is C23H28ClF2N7O2. The number of halogens is 3. The standard InChI is InChI=1S/C23H28ClF2N7O2/c24-13-9-16(25)19(17(26)10-13)31-23-30-18-11-28-22(29-14-5-7-35-8-6-14)32-21(18)33(23)15-3-1-12(2-4-15)20(27)34/h9-12,14-15,20,34H,1-8,27H2,(H,30,31)(H,28,29,32)/t12-,15+,20?. The average Bonchev–Trinajstić information content (AvgIpc) is 3.19. The van der Waals surface area contributed by atoms with Crippen LogP contribution in [0.25, 0.3) is 11.2 Å². The van der Waals surface area contributed by atoms with Gasteiger partial charge in [0.1, 0.15) is 17.4 Å². The summed E-state index contributed by atoms with van der Waals surface area (Å²) in [6.07, 6.45) is 5.28. The summed E-state index contributed by atoms with van der Waals surface area (Å²) in [5.74, 6) is -0.918. The minimum Gasteiger partial charge on any atom is -0.381 e. The molecule has 188 valence electrons. The van der Waals surface area contributed by atoms with Crippen LogP contribution >= 0.6 is 11.6 Å². The molecule has 1 aliphatic heterocycles. The van der Waals surface area contributed by atoms with Gasteiger partial charge in [-0.25, -0.2) is 18.7 Å². The van der Waals surface area contributed by atoms with Crippen LogP contribution in [0.15, 0.2) is 18.3 Å². The lowest BCUT2D eigenvalue weighted by atomic mass is 9.85. The minimum atomic E-state index is -0.872. The number of nitrogens with one attached hydrogen (secondary N) is 2. The van der Waals surface area contributed by atoms with E-state index in [4.69, 9.17) is 27.1 Å². The Morgan fingerprint density at radius 2 is 1.77 bits per heavy atom. The Morgan fingerprint density at radius 3 is 2.43 bits per heavy atom. The first-order chi connectivity index (χ1) is 16.9. The van der Waals surface area contributed by atoms with Crippen molar-refractivity contribution in [3.05, 3.63) is 35.0 Å². The summed E-state index contributed by atoms with van der Waals surface area (Å²) in [6.45, 7) is 1.36. The van der Waals surface area contributed by atoms with Crippen molar-refractivity contribution < 1.29 is 18.6 Å². The molecule has 5 N–H and O–H groups in total. The SMILES string of the molecule is NC(O)[C@H]1CC[C@@H](n2c(Nc3c(F)cc(Cl)cc3F)nc3cnc(NC4CCOCC4)nc32)CC1. The van der Waals surface area contributed by atoms with Gasteiger partial charge in [-0.3, -0.25) is 4.57 Å². The van der Waals surface area contributed by atoms with Crippen molar-refractivity contribution in [1.29, 1.82) is 0 Å². The van der Waals surface area contributed by atoms with Gasteiger partial charge in [0.15, 0.2) is 17.3 Å². The zero-order valence-corrected chi connectivity index (χ0v) is 19.8. The van der Waals surface area contributed by atoms with Gasteiger partial charge in [0, 0.05) is 30.3 Å². The Balaban J connectivity index is 1.52. The molecule has 3 heterocycles. The van der Waals surface area contributed by atoms with Crippen LogP contribution in [0.1, 0.15) is 44.6 Å². The second-order valence-electron chi connectivity index (χ2n) is 9.17. The summed E-state index contributed by atoms with van der Waals surface area (Å²) in [4.78, 5) is 13.7. The van der Waals surface area contributed by atoms with Crippen molar-refractivity contribution in [3.8, 4) is 0 Å². The highest BCUT2D eigenvalue weighted by molar-refractivity contribution is 6.30. The number of nitrogens with zero attached hydrogens (tertiary/aromatic N) is 4. The van der Waals surface area contributed by atoms with Crippen molar-refractivity contribution in [2.75, 3.05) is 23.8 Å². The Labute approximate surface area is 206 Å². The third-order valence-corrected chi connectivity index (χ3v) is 7.04. The van der Waals surface area contributed by atoms with E-state index in [0.29, 0.717) is 56.0 Å². The fourth-order valence-corrected chi connectivity index (χ4v) is 5.09. The third kappa shape index (κ3) is 5.18. The number of ether oxygens (including phenoxy) is 1. The highest BCUT2D eigenvalue weighted by Gasteiger charge is 2.29. The topological polar surface area (TPSA) is 123 Å². The van der Waals surface area contributed by atoms with Crippen molar-refractivity contribution in [3.63, 3.8) is 0 Å². The summed E-state index contributed by atoms with van der Waals surface area (Å²) in [6, 6.07) is 2.24. The van der Waals surface area contributed by atoms with Gasteiger partial charge >= 0.3 is 0 Å². The molecule has 1 saturated carbocycles. The van der Waals surface area contributed by atoms with E-state index in [9.17, 15) is 13.9 Å². The normalized spacial score (nSPS) is 22.3. The fourth-order valence-electron chi connectivity index (χ4n) is 4.89. The van der Waals surface area contributed by atoms with Crippen LogP contribution in [0.2, 0.25) is 5.02 Å². The van der Waals surface area contributed by atoms with Gasteiger partial charge in [-0.15, -0.1) is 0 Å². The molecule has 35 heavy (non-hydrogen) atoms. The Morgan fingerprint density at radius 1 is 1.09 bits per heavy atom. The molecule has 1 saturated heterocycles. The smallest absolute Gasteiger partial charge is 0.224 e. The van der Waals surface area contributed by atoms with E-state index >= 15 is 0 Å². The number of hydrogen-bond donors (Lipinski definition) is 4. The van der Waals surface area contributed by atoms with Gasteiger partial charge in [-0.1, -0.05) is 11.6 Å². The highest BCUT2D eigenvalue weighted by atomic mass is 35.5. The molecule has 1 aliphatic carbocycles. The molecule has 9 nitrogen and oxygen atoms in total. The molecule has 0 spiro atoms. The Bertz CT molecular complexity index is 1170. The zero-order valence-electron chi connectivity index (χ0n) is 19.1. The molecule has 2 aliphatic rings. The summed E-state index contributed by atoms with van der Waals surface area (Å²) < 4.78 is 36.4. The zero-order chi connectivity index (χ0) is 24.5. The fraction of sp³-hybridized carbons (Fsp3) is 0.522. The monoisotopic (exact) mass is 507 g/mol. The van der Waals surface area contributed by atoms with Crippen molar-refractivity contribution >= 4 is 40.3 Å². The first-order valence-electron chi connectivity index (χ1n) is 11.8. The van der Waals surface area contributed by atoms with E-state index in [1.807, 2.05) is 4.57 Å². The summed E-state index contributed by atoms with van der Waals surface area (Å²) >= 11 is 5.79. The van der Waals surface area contributed by atoms with Crippen LogP contribution in [0, 0.1) is 17.6 Å². The number of hydrogen-bond acceptors (Lipinski definition) is 8. The maximum atomic E-state index is 14.6. The molecule has 2 fully saturated rings. The predicted octanol–water partition coefficient (Wildman–Crippen LogP) is 4.10. The maximum Gasteiger partial charge on any atom is 0.224 e. The molecular weight excluding hydrogens is 480 g/mol. The summed E-state index contributed by atoms with van der Waals surface area (Å²) in [7, 11) is 0. The van der Waals surface area contributed by atoms with Crippen LogP contribution in [0.5, 0.6) is 0 Å². The maximum absolute atomic E-state index is 14.6. The van der Waals surface area contributed by atoms with E-state index < -0.39 is 17.9 Å². The van der Waals surface area contributed by atoms with Gasteiger partial charge in [0.2, 0.25) is 11.9 Å². The number of fused-ring (bicyclic) bond motifs is 1. The molecule has 5 rings (SSSR count). The lowest BCUT2D eigenvalue weighted by Gasteiger charge is -2.31. The lowest BCUT2D eigenvalue weighted by molar-refractivity contribution is 0.0809. The molecule has 0 bridgehead atoms. The van der Waals surface area contributed by atoms with Gasteiger partial charge < -0.3 is 26.2 Å². The van der Waals surface area contributed by atoms with Gasteiger partial charge in [-0.05, 0) is 56.6 Å². The summed E-state index contributed by atoms with van der Waals surface area (Å²) in [5, 5.41) is 16.0. The average molecular weight is 508 g/mol. The van der Waals surface area contributed by atoms with Crippen molar-refractivity contribution in [1.82, 2.24) is 19.5 Å². The number of aromatic nitrogens is 4. The first kappa shape index (κ1) is 24.1. The molecule has 1 aromatic carbocycles. The molecule has 1 atom stereocenters. The van der Waals surface area contributed by atoms with E-state index in [-0.39, 0.29) is 34.7 Å². The summed E-state index contributed by atoms with van der Waals surface area (Å²) in [5.41, 5.74) is 6.42. The molecule has 1 unspecified atom stereocenters. The van der Waals surface area contributed by atoms with Crippen LogP contribution in [0.3, 0.4) is 0 Å². The van der Waals surface area contributed by atoms with E-state index in [2.05, 4.69) is 20.6 Å². The number of imidazole rings is 1. The number of benzene rings is 1. The molecule has 0 radical (unpaired) electrons. The highest BCUT2D eigenvalue weighted by Crippen LogP contribution is 2.38. The number of aliphatic hydroxyl groups excluding tert-OH is 1. The van der Waals surface area contributed by atoms with Crippen molar-refractivity contribution in [2.24, 2.45) is 11.7 Å². The largest absolute Gasteiger partial charge is 0.381 e. The second-order valence-corrected chi connectivity index (χ2v) is 9.60. The number of aliphatic hydroxyl groups is 1. The molecule has 2 aromatic heterocycles. The lowest BCUT2D eigenvalue weighted by Crippen LogP contribution is -2.33. The van der Waals surface area contributed by atoms with Gasteiger partial charge in [0.25, 0.3) is 0 Å². The van der Waals surface area contributed by atoms with Crippen molar-refractivity contribution in [2.45, 2.75) is 56.8 Å². The quantitative estimate of drug-likeness (QED) is 0.368. The van der Waals surface area contributed by atoms with Gasteiger partial charge in [0.05, 0.1) is 6.20 Å². The van der Waals surface area contributed by atoms with E-state index in [1.54, 1.807) is 6.20 Å². The van der Waals surface area contributed by atoms with E-state index in [1.165, 1.54) is 0 Å².